The van der Waals surface area contributed by atoms with Gasteiger partial charge in [-0.1, -0.05) is 6.92 Å². The van der Waals surface area contributed by atoms with Crippen molar-refractivity contribution in [3.63, 3.8) is 0 Å². The third-order valence-corrected chi connectivity index (χ3v) is 6.27. The number of hydrogen-bond donors (Lipinski definition) is 0. The second kappa shape index (κ2) is 10.3. The lowest BCUT2D eigenvalue weighted by Gasteiger charge is -2.35. The van der Waals surface area contributed by atoms with Gasteiger partial charge in [-0.2, -0.15) is 18.3 Å². The van der Waals surface area contributed by atoms with E-state index in [9.17, 15) is 31.2 Å². The molecule has 2 aromatic heterocycles. The number of carbonyl (C=O) groups is 2. The Hall–Kier alpha value is -3.23. The molecule has 1 aliphatic rings. The fraction of sp³-hybridized carbons (Fsp3) is 0.591. The van der Waals surface area contributed by atoms with E-state index in [1.54, 1.807) is 25.7 Å². The van der Waals surface area contributed by atoms with Gasteiger partial charge in [0.25, 0.3) is 0 Å². The molecule has 1 saturated heterocycles. The Morgan fingerprint density at radius 2 is 1.65 bits per heavy atom. The summed E-state index contributed by atoms with van der Waals surface area (Å²) in [6.45, 7) is 7.71. The first-order chi connectivity index (χ1) is 17.0. The molecule has 37 heavy (non-hydrogen) atoms. The number of ether oxygens (including phenoxy) is 1. The number of piperazine rings is 1. The molecule has 0 N–H and O–H groups in total. The zero-order valence-electron chi connectivity index (χ0n) is 21.2. The summed E-state index contributed by atoms with van der Waals surface area (Å²) < 4.78 is 71.5. The summed E-state index contributed by atoms with van der Waals surface area (Å²) in [6.07, 6.45) is -2.18. The number of aromatic nitrogens is 4. The van der Waals surface area contributed by atoms with E-state index in [-0.39, 0.29) is 48.8 Å². The topological polar surface area (TPSA) is 128 Å². The summed E-state index contributed by atoms with van der Waals surface area (Å²) in [5.41, 5.74) is -2.32. The van der Waals surface area contributed by atoms with Crippen LogP contribution in [0.4, 0.5) is 18.0 Å². The van der Waals surface area contributed by atoms with Crippen LogP contribution in [0, 0.1) is 0 Å². The molecule has 0 spiro atoms. The maximum absolute atomic E-state index is 13.7. The van der Waals surface area contributed by atoms with Crippen molar-refractivity contribution in [1.82, 2.24) is 29.5 Å². The molecule has 1 fully saturated rings. The Kier molecular flexibility index (Phi) is 7.86. The van der Waals surface area contributed by atoms with Crippen molar-refractivity contribution in [2.45, 2.75) is 57.6 Å². The highest BCUT2D eigenvalue weighted by atomic mass is 32.2. The first kappa shape index (κ1) is 28.3. The van der Waals surface area contributed by atoms with Gasteiger partial charge in [0.05, 0.1) is 11.9 Å². The first-order valence-corrected chi connectivity index (χ1v) is 13.4. The van der Waals surface area contributed by atoms with Crippen molar-refractivity contribution >= 4 is 21.8 Å². The zero-order valence-corrected chi connectivity index (χ0v) is 22.0. The van der Waals surface area contributed by atoms with Gasteiger partial charge in [0.15, 0.2) is 5.69 Å². The van der Waals surface area contributed by atoms with Crippen LogP contribution < -0.4 is 0 Å². The molecule has 0 unspecified atom stereocenters. The van der Waals surface area contributed by atoms with Crippen LogP contribution in [-0.4, -0.2) is 88.0 Å². The second-order valence-electron chi connectivity index (χ2n) is 9.58. The van der Waals surface area contributed by atoms with E-state index in [4.69, 9.17) is 4.74 Å². The fourth-order valence-electron chi connectivity index (χ4n) is 3.71. The van der Waals surface area contributed by atoms with Crippen LogP contribution in [-0.2, 0) is 38.5 Å². The monoisotopic (exact) mass is 546 g/mol. The summed E-state index contributed by atoms with van der Waals surface area (Å²) in [4.78, 5) is 35.2. The van der Waals surface area contributed by atoms with Crippen LogP contribution in [0.2, 0.25) is 0 Å². The third kappa shape index (κ3) is 6.96. The van der Waals surface area contributed by atoms with Gasteiger partial charge >= 0.3 is 12.3 Å². The molecule has 0 aromatic carbocycles. The van der Waals surface area contributed by atoms with E-state index in [0.29, 0.717) is 13.1 Å². The SMILES string of the molecule is CCc1c(-c2cnn(CC(=O)N3CCN(C(=O)OC(C)(C)C)CC3)c2)nc(S(C)(=O)=O)nc1C(F)(F)F. The number of halogens is 3. The van der Waals surface area contributed by atoms with Gasteiger partial charge in [0.2, 0.25) is 20.9 Å². The van der Waals surface area contributed by atoms with E-state index in [1.165, 1.54) is 28.9 Å². The van der Waals surface area contributed by atoms with Gasteiger partial charge in [0, 0.05) is 49.8 Å². The smallest absolute Gasteiger partial charge is 0.433 e. The highest BCUT2D eigenvalue weighted by Crippen LogP contribution is 2.35. The van der Waals surface area contributed by atoms with Crippen molar-refractivity contribution in [3.05, 3.63) is 23.7 Å². The highest BCUT2D eigenvalue weighted by molar-refractivity contribution is 7.90. The molecule has 3 heterocycles. The minimum Gasteiger partial charge on any atom is -0.444 e. The normalized spacial score (nSPS) is 15.1. The largest absolute Gasteiger partial charge is 0.444 e. The van der Waals surface area contributed by atoms with Crippen molar-refractivity contribution in [2.75, 3.05) is 32.4 Å². The molecule has 204 valence electrons. The lowest BCUT2D eigenvalue weighted by molar-refractivity contribution is -0.142. The molecule has 0 bridgehead atoms. The lowest BCUT2D eigenvalue weighted by Crippen LogP contribution is -2.52. The Balaban J connectivity index is 1.78. The summed E-state index contributed by atoms with van der Waals surface area (Å²) in [5, 5.41) is 3.12. The molecule has 2 aromatic rings. The molecule has 11 nitrogen and oxygen atoms in total. The number of alkyl halides is 3. The van der Waals surface area contributed by atoms with Crippen molar-refractivity contribution < 1.29 is 35.9 Å². The minimum atomic E-state index is -4.89. The van der Waals surface area contributed by atoms with Gasteiger partial charge in [-0.15, -0.1) is 0 Å². The van der Waals surface area contributed by atoms with Gasteiger partial charge in [-0.05, 0) is 27.2 Å². The van der Waals surface area contributed by atoms with E-state index in [2.05, 4.69) is 15.1 Å². The van der Waals surface area contributed by atoms with Gasteiger partial charge in [-0.3, -0.25) is 9.48 Å². The van der Waals surface area contributed by atoms with Gasteiger partial charge in [-0.25, -0.2) is 23.2 Å². The lowest BCUT2D eigenvalue weighted by atomic mass is 10.0. The van der Waals surface area contributed by atoms with Crippen LogP contribution >= 0.6 is 0 Å². The number of nitrogens with zero attached hydrogens (tertiary/aromatic N) is 6. The van der Waals surface area contributed by atoms with Crippen LogP contribution in [0.1, 0.15) is 39.0 Å². The third-order valence-electron chi connectivity index (χ3n) is 5.43. The molecule has 1 aliphatic heterocycles. The van der Waals surface area contributed by atoms with Crippen LogP contribution in [0.5, 0.6) is 0 Å². The zero-order chi connectivity index (χ0) is 27.8. The summed E-state index contributed by atoms with van der Waals surface area (Å²) in [5.74, 6) is -0.301. The van der Waals surface area contributed by atoms with Crippen molar-refractivity contribution in [2.24, 2.45) is 0 Å². The Bertz CT molecular complexity index is 1280. The van der Waals surface area contributed by atoms with Crippen LogP contribution in [0.25, 0.3) is 11.3 Å². The molecule has 0 saturated carbocycles. The van der Waals surface area contributed by atoms with Crippen LogP contribution in [0.3, 0.4) is 0 Å². The van der Waals surface area contributed by atoms with E-state index in [1.807, 2.05) is 0 Å². The van der Waals surface area contributed by atoms with E-state index < -0.39 is 38.6 Å². The predicted molar refractivity (Wildman–Crippen MR) is 125 cm³/mol. The molecular formula is C22H29F3N6O5S. The Morgan fingerprint density at radius 1 is 1.05 bits per heavy atom. The van der Waals surface area contributed by atoms with Gasteiger partial charge < -0.3 is 14.5 Å². The van der Waals surface area contributed by atoms with Gasteiger partial charge in [0.1, 0.15) is 12.1 Å². The number of carbonyl (C=O) groups excluding carboxylic acids is 2. The standard InChI is InChI=1S/C22H29F3N6O5S/c1-6-15-17(27-19(37(5,34)35)28-18(15)22(23,24)25)14-11-26-31(12-14)13-16(32)29-7-9-30(10-8-29)20(33)36-21(2,3)4/h11-12H,6-10,13H2,1-5H3. The molecule has 15 heteroatoms. The summed E-state index contributed by atoms with van der Waals surface area (Å²) in [6, 6.07) is 0. The Morgan fingerprint density at radius 3 is 2.16 bits per heavy atom. The first-order valence-electron chi connectivity index (χ1n) is 11.5. The van der Waals surface area contributed by atoms with E-state index in [0.717, 1.165) is 6.26 Å². The fourth-order valence-corrected chi connectivity index (χ4v) is 4.23. The Labute approximate surface area is 212 Å². The molecule has 2 amide bonds. The maximum atomic E-state index is 13.7. The van der Waals surface area contributed by atoms with Crippen molar-refractivity contribution in [1.29, 1.82) is 0 Å². The average molecular weight is 547 g/mol. The molecule has 0 atom stereocenters. The molecule has 0 radical (unpaired) electrons. The summed E-state index contributed by atoms with van der Waals surface area (Å²) >= 11 is 0. The number of hydrogen-bond acceptors (Lipinski definition) is 8. The molecule has 3 rings (SSSR count). The maximum Gasteiger partial charge on any atom is 0.433 e. The number of sulfone groups is 1. The summed E-state index contributed by atoms with van der Waals surface area (Å²) in [7, 11) is -4.14. The minimum absolute atomic E-state index is 0.111. The van der Waals surface area contributed by atoms with Crippen molar-refractivity contribution in [3.8, 4) is 11.3 Å². The highest BCUT2D eigenvalue weighted by Gasteiger charge is 2.38. The average Bonchev–Trinajstić information content (AvgIpc) is 3.24. The molecular weight excluding hydrogens is 517 g/mol. The number of amides is 2. The number of rotatable bonds is 5. The van der Waals surface area contributed by atoms with E-state index >= 15 is 0 Å². The predicted octanol–water partition coefficient (Wildman–Crippen LogP) is 2.40. The quantitative estimate of drug-likeness (QED) is 0.523. The second-order valence-corrected chi connectivity index (χ2v) is 11.5. The van der Waals surface area contributed by atoms with Crippen LogP contribution in [0.15, 0.2) is 17.6 Å². The molecule has 0 aliphatic carbocycles.